The lowest BCUT2D eigenvalue weighted by Crippen LogP contribution is -2.28. The van der Waals surface area contributed by atoms with Gasteiger partial charge < -0.3 is 10.2 Å². The number of nitrogen functional groups attached to an aromatic ring is 1. The van der Waals surface area contributed by atoms with E-state index in [1.54, 1.807) is 19.1 Å². The molecule has 0 radical (unpaired) electrons. The highest BCUT2D eigenvalue weighted by Crippen LogP contribution is 2.24. The van der Waals surface area contributed by atoms with Crippen LogP contribution in [0.15, 0.2) is 45.9 Å². The van der Waals surface area contributed by atoms with Gasteiger partial charge in [-0.05, 0) is 31.2 Å². The van der Waals surface area contributed by atoms with Crippen molar-refractivity contribution in [3.05, 3.63) is 48.2 Å². The first-order valence-electron chi connectivity index (χ1n) is 5.51. The summed E-state index contributed by atoms with van der Waals surface area (Å²) < 4.78 is 45.2. The topological polar surface area (TPSA) is 85.3 Å². The maximum Gasteiger partial charge on any atom is 0.246 e. The second kappa shape index (κ2) is 5.02. The fraction of sp³-hybridized carbons (Fsp3) is 0.167. The summed E-state index contributed by atoms with van der Waals surface area (Å²) in [5, 5.41) is 0. The Hall–Kier alpha value is -1.86. The zero-order valence-electron chi connectivity index (χ0n) is 10.1. The van der Waals surface area contributed by atoms with Crippen molar-refractivity contribution in [1.29, 1.82) is 0 Å². The van der Waals surface area contributed by atoms with Crippen LogP contribution in [-0.4, -0.2) is 8.42 Å². The smallest absolute Gasteiger partial charge is 0.246 e. The molecule has 7 heteroatoms. The quantitative estimate of drug-likeness (QED) is 0.841. The Morgan fingerprint density at radius 1 is 1.32 bits per heavy atom. The third kappa shape index (κ3) is 2.77. The van der Waals surface area contributed by atoms with Crippen LogP contribution in [0, 0.1) is 5.82 Å². The number of halogens is 1. The van der Waals surface area contributed by atoms with E-state index in [1.165, 1.54) is 18.4 Å². The highest BCUT2D eigenvalue weighted by Gasteiger charge is 2.25. The minimum absolute atomic E-state index is 0.140. The van der Waals surface area contributed by atoms with Gasteiger partial charge in [-0.3, -0.25) is 0 Å². The lowest BCUT2D eigenvalue weighted by molar-refractivity contribution is 0.458. The first-order chi connectivity index (χ1) is 8.92. The highest BCUT2D eigenvalue weighted by atomic mass is 32.2. The minimum atomic E-state index is -4.06. The molecule has 102 valence electrons. The van der Waals surface area contributed by atoms with Gasteiger partial charge in [0, 0.05) is 0 Å². The summed E-state index contributed by atoms with van der Waals surface area (Å²) in [4.78, 5) is -0.548. The molecule has 0 fully saturated rings. The Labute approximate surface area is 110 Å². The van der Waals surface area contributed by atoms with Crippen LogP contribution in [0.2, 0.25) is 0 Å². The molecule has 1 unspecified atom stereocenters. The van der Waals surface area contributed by atoms with Gasteiger partial charge in [0.1, 0.15) is 16.5 Å². The van der Waals surface area contributed by atoms with Crippen LogP contribution < -0.4 is 10.5 Å². The molecular weight excluding hydrogens is 271 g/mol. The normalized spacial score (nSPS) is 13.4. The Kier molecular flexibility index (Phi) is 3.59. The zero-order chi connectivity index (χ0) is 14.0. The molecule has 1 aromatic carbocycles. The third-order valence-corrected chi connectivity index (χ3v) is 4.20. The summed E-state index contributed by atoms with van der Waals surface area (Å²) in [6.45, 7) is 1.59. The molecule has 5 nitrogen and oxygen atoms in total. The second-order valence-corrected chi connectivity index (χ2v) is 5.67. The molecule has 0 saturated heterocycles. The first kappa shape index (κ1) is 13.6. The van der Waals surface area contributed by atoms with Gasteiger partial charge in [-0.15, -0.1) is 0 Å². The molecular formula is C12H13FN2O3S. The number of hydrogen-bond donors (Lipinski definition) is 2. The van der Waals surface area contributed by atoms with Crippen molar-refractivity contribution in [3.63, 3.8) is 0 Å². The van der Waals surface area contributed by atoms with E-state index in [4.69, 9.17) is 10.2 Å². The third-order valence-electron chi connectivity index (χ3n) is 2.57. The molecule has 0 saturated carbocycles. The highest BCUT2D eigenvalue weighted by molar-refractivity contribution is 7.89. The van der Waals surface area contributed by atoms with Crippen molar-refractivity contribution in [2.24, 2.45) is 0 Å². The maximum absolute atomic E-state index is 13.6. The second-order valence-electron chi connectivity index (χ2n) is 4.02. The van der Waals surface area contributed by atoms with Crippen molar-refractivity contribution in [2.75, 3.05) is 5.73 Å². The van der Waals surface area contributed by atoms with E-state index < -0.39 is 26.8 Å². The predicted octanol–water partition coefficient (Wildman–Crippen LogP) is 2.04. The Balaban J connectivity index is 2.33. The van der Waals surface area contributed by atoms with E-state index in [9.17, 15) is 12.8 Å². The van der Waals surface area contributed by atoms with Crippen molar-refractivity contribution >= 4 is 15.7 Å². The molecule has 2 rings (SSSR count). The Bertz CT molecular complexity index is 648. The van der Waals surface area contributed by atoms with Crippen LogP contribution in [0.1, 0.15) is 18.7 Å². The van der Waals surface area contributed by atoms with Crippen LogP contribution >= 0.6 is 0 Å². The molecule has 2 aromatic rings. The van der Waals surface area contributed by atoms with E-state index in [-0.39, 0.29) is 5.69 Å². The predicted molar refractivity (Wildman–Crippen MR) is 68.3 cm³/mol. The molecule has 0 aliphatic carbocycles. The van der Waals surface area contributed by atoms with Crippen LogP contribution in [0.25, 0.3) is 0 Å². The minimum Gasteiger partial charge on any atom is -0.468 e. The number of sulfonamides is 1. The summed E-state index contributed by atoms with van der Waals surface area (Å²) in [7, 11) is -4.06. The number of nitrogens with two attached hydrogens (primary N) is 1. The van der Waals surface area contributed by atoms with Gasteiger partial charge in [-0.1, -0.05) is 6.07 Å². The van der Waals surface area contributed by atoms with E-state index in [2.05, 4.69) is 4.72 Å². The number of hydrogen-bond acceptors (Lipinski definition) is 4. The number of rotatable bonds is 4. The molecule has 3 N–H and O–H groups in total. The van der Waals surface area contributed by atoms with Crippen LogP contribution in [0.4, 0.5) is 10.1 Å². The summed E-state index contributed by atoms with van der Waals surface area (Å²) in [5.74, 6) is -0.461. The first-order valence-corrected chi connectivity index (χ1v) is 7.00. The van der Waals surface area contributed by atoms with E-state index in [1.807, 2.05) is 0 Å². The molecule has 0 aliphatic heterocycles. The Morgan fingerprint density at radius 3 is 2.63 bits per heavy atom. The number of nitrogens with one attached hydrogen (secondary N) is 1. The van der Waals surface area contributed by atoms with Gasteiger partial charge >= 0.3 is 0 Å². The standard InChI is InChI=1S/C12H13FN2O3S/c1-8(11-6-3-7-18-11)15-19(16,17)12-9(13)4-2-5-10(12)14/h2-8,15H,14H2,1H3. The van der Waals surface area contributed by atoms with Gasteiger partial charge in [0.15, 0.2) is 0 Å². The maximum atomic E-state index is 13.6. The van der Waals surface area contributed by atoms with Crippen molar-refractivity contribution in [1.82, 2.24) is 4.72 Å². The van der Waals surface area contributed by atoms with E-state index in [0.29, 0.717) is 5.76 Å². The average molecular weight is 284 g/mol. The van der Waals surface area contributed by atoms with E-state index in [0.717, 1.165) is 6.07 Å². The van der Waals surface area contributed by atoms with Crippen molar-refractivity contribution in [3.8, 4) is 0 Å². The van der Waals surface area contributed by atoms with Gasteiger partial charge in [0.2, 0.25) is 10.0 Å². The molecule has 0 bridgehead atoms. The summed E-state index contributed by atoms with van der Waals surface area (Å²) in [6, 6.07) is 6.35. The molecule has 1 atom stereocenters. The van der Waals surface area contributed by atoms with Gasteiger partial charge in [0.05, 0.1) is 18.0 Å². The fourth-order valence-electron chi connectivity index (χ4n) is 1.70. The molecule has 0 spiro atoms. The van der Waals surface area contributed by atoms with Crippen molar-refractivity contribution < 1.29 is 17.2 Å². The summed E-state index contributed by atoms with van der Waals surface area (Å²) >= 11 is 0. The zero-order valence-corrected chi connectivity index (χ0v) is 10.9. The Morgan fingerprint density at radius 2 is 2.05 bits per heavy atom. The molecule has 1 aromatic heterocycles. The molecule has 0 amide bonds. The lowest BCUT2D eigenvalue weighted by Gasteiger charge is -2.13. The number of anilines is 1. The monoisotopic (exact) mass is 284 g/mol. The summed E-state index contributed by atoms with van der Waals surface area (Å²) in [6.07, 6.45) is 1.43. The lowest BCUT2D eigenvalue weighted by atomic mass is 10.3. The number of furan rings is 1. The average Bonchev–Trinajstić information content (AvgIpc) is 2.80. The van der Waals surface area contributed by atoms with Gasteiger partial charge in [0.25, 0.3) is 0 Å². The summed E-state index contributed by atoms with van der Waals surface area (Å²) in [5.41, 5.74) is 5.38. The van der Waals surface area contributed by atoms with Crippen LogP contribution in [0.3, 0.4) is 0 Å². The molecule has 1 heterocycles. The van der Waals surface area contributed by atoms with Gasteiger partial charge in [-0.2, -0.15) is 0 Å². The van der Waals surface area contributed by atoms with Gasteiger partial charge in [-0.25, -0.2) is 17.5 Å². The van der Waals surface area contributed by atoms with Crippen molar-refractivity contribution in [2.45, 2.75) is 17.9 Å². The molecule has 19 heavy (non-hydrogen) atoms. The van der Waals surface area contributed by atoms with Crippen LogP contribution in [0.5, 0.6) is 0 Å². The number of benzene rings is 1. The van der Waals surface area contributed by atoms with Crippen LogP contribution in [-0.2, 0) is 10.0 Å². The largest absolute Gasteiger partial charge is 0.468 e. The van der Waals surface area contributed by atoms with E-state index >= 15 is 0 Å². The SMILES string of the molecule is CC(NS(=O)(=O)c1c(N)cccc1F)c1ccco1. The fourth-order valence-corrected chi connectivity index (χ4v) is 3.10. The molecule has 0 aliphatic rings.